The molecule has 11 heteroatoms. The number of fused-ring (bicyclic) bond motifs is 2. The second-order valence-electron chi connectivity index (χ2n) is 9.56. The van der Waals surface area contributed by atoms with Crippen molar-refractivity contribution in [2.45, 2.75) is 29.7 Å². The summed E-state index contributed by atoms with van der Waals surface area (Å²) in [5, 5.41) is -0.269. The first-order chi connectivity index (χ1) is 18.3. The number of aryl methyl sites for hydroxylation is 1. The highest BCUT2D eigenvalue weighted by Crippen LogP contribution is 2.53. The fourth-order valence-corrected chi connectivity index (χ4v) is 8.05. The molecule has 8 nitrogen and oxygen atoms in total. The molecule has 38 heavy (non-hydrogen) atoms. The number of ether oxygens (including phenoxy) is 1. The van der Waals surface area contributed by atoms with Crippen LogP contribution in [0.3, 0.4) is 0 Å². The molecule has 0 N–H and O–H groups in total. The second-order valence-corrected chi connectivity index (χ2v) is 11.7. The lowest BCUT2D eigenvalue weighted by Gasteiger charge is -2.31. The minimum atomic E-state index is -0.787. The van der Waals surface area contributed by atoms with Gasteiger partial charge in [0, 0.05) is 23.9 Å². The Labute approximate surface area is 226 Å². The van der Waals surface area contributed by atoms with Gasteiger partial charge in [0.25, 0.3) is 0 Å². The maximum absolute atomic E-state index is 13.8. The lowest BCUT2D eigenvalue weighted by molar-refractivity contribution is -0.136. The number of anilines is 1. The largest absolute Gasteiger partial charge is 0.378 e. The lowest BCUT2D eigenvalue weighted by Crippen LogP contribution is -2.43. The Morgan fingerprint density at radius 2 is 1.68 bits per heavy atom. The van der Waals surface area contributed by atoms with Crippen molar-refractivity contribution >= 4 is 46.5 Å². The van der Waals surface area contributed by atoms with E-state index < -0.39 is 22.9 Å². The van der Waals surface area contributed by atoms with Crippen LogP contribution in [0.4, 0.5) is 10.1 Å². The van der Waals surface area contributed by atoms with Gasteiger partial charge in [-0.05, 0) is 36.8 Å². The minimum Gasteiger partial charge on any atom is -0.378 e. The van der Waals surface area contributed by atoms with Crippen LogP contribution in [0.2, 0.25) is 0 Å². The van der Waals surface area contributed by atoms with Crippen molar-refractivity contribution in [3.05, 3.63) is 80.0 Å². The number of morpholine rings is 1. The molecular weight excluding hydrogens is 529 g/mol. The van der Waals surface area contributed by atoms with Crippen LogP contribution in [-0.2, 0) is 25.7 Å². The molecule has 6 rings (SSSR count). The SMILES string of the molecule is Cc1ccc(N2C(=O)[C@@H]3[C@H](c4ccc(F)cc4)c4sc(=O)n(CC(=O)N5CCOCC5)c4S[C@@H]3C2=O)cc1. The first-order valence-electron chi connectivity index (χ1n) is 12.3. The zero-order valence-corrected chi connectivity index (χ0v) is 22.1. The number of benzene rings is 2. The molecule has 196 valence electrons. The lowest BCUT2D eigenvalue weighted by atomic mass is 9.83. The zero-order chi connectivity index (χ0) is 26.6. The van der Waals surface area contributed by atoms with Gasteiger partial charge in [0.1, 0.15) is 17.6 Å². The molecule has 0 bridgehead atoms. The van der Waals surface area contributed by atoms with Crippen LogP contribution in [0.5, 0.6) is 0 Å². The Morgan fingerprint density at radius 3 is 2.37 bits per heavy atom. The van der Waals surface area contributed by atoms with Crippen molar-refractivity contribution in [1.82, 2.24) is 9.47 Å². The molecule has 3 amide bonds. The van der Waals surface area contributed by atoms with Crippen LogP contribution in [0.25, 0.3) is 0 Å². The third-order valence-electron chi connectivity index (χ3n) is 7.23. The highest BCUT2D eigenvalue weighted by molar-refractivity contribution is 8.00. The number of thioether (sulfide) groups is 1. The molecule has 2 fully saturated rings. The number of carbonyl (C=O) groups excluding carboxylic acids is 3. The standard InChI is InChI=1S/C27H24FN3O5S2/c1-15-2-8-18(9-3-15)31-24(33)21-20(16-4-6-17(28)7-5-16)23-26(37-22(21)25(31)34)30(27(35)38-23)14-19(32)29-10-12-36-13-11-29/h2-9,20-22H,10-14H2,1H3/t20-,21+,22-/m0/s1. The molecule has 0 unspecified atom stereocenters. The summed E-state index contributed by atoms with van der Waals surface area (Å²) in [5.41, 5.74) is 2.13. The van der Waals surface area contributed by atoms with Crippen LogP contribution in [0, 0.1) is 18.7 Å². The molecule has 2 aromatic carbocycles. The van der Waals surface area contributed by atoms with E-state index in [-0.39, 0.29) is 29.1 Å². The van der Waals surface area contributed by atoms with Crippen LogP contribution >= 0.6 is 23.1 Å². The molecule has 1 aromatic heterocycles. The van der Waals surface area contributed by atoms with Crippen molar-refractivity contribution in [3.8, 4) is 0 Å². The molecule has 3 aliphatic heterocycles. The van der Waals surface area contributed by atoms with Crippen molar-refractivity contribution < 1.29 is 23.5 Å². The average Bonchev–Trinajstić information content (AvgIpc) is 3.36. The van der Waals surface area contributed by atoms with Crippen LogP contribution in [0.15, 0.2) is 58.4 Å². The van der Waals surface area contributed by atoms with Gasteiger partial charge in [-0.3, -0.25) is 23.7 Å². The Hall–Kier alpha value is -3.28. The summed E-state index contributed by atoms with van der Waals surface area (Å²) in [4.78, 5) is 57.0. The quantitative estimate of drug-likeness (QED) is 0.462. The third kappa shape index (κ3) is 4.18. The molecule has 0 aliphatic carbocycles. The predicted molar refractivity (Wildman–Crippen MR) is 141 cm³/mol. The van der Waals surface area contributed by atoms with Gasteiger partial charge < -0.3 is 9.64 Å². The summed E-state index contributed by atoms with van der Waals surface area (Å²) in [5.74, 6) is -2.74. The highest BCUT2D eigenvalue weighted by atomic mass is 32.2. The van der Waals surface area contributed by atoms with Gasteiger partial charge in [-0.2, -0.15) is 0 Å². The van der Waals surface area contributed by atoms with Crippen LogP contribution in [0.1, 0.15) is 21.9 Å². The molecular formula is C27H24FN3O5S2. The third-order valence-corrected chi connectivity index (χ3v) is 9.83. The number of halogens is 1. The normalized spacial score (nSPS) is 22.9. The topological polar surface area (TPSA) is 88.9 Å². The summed E-state index contributed by atoms with van der Waals surface area (Å²) in [6.45, 7) is 3.56. The first-order valence-corrected chi connectivity index (χ1v) is 14.0. The number of thiazole rings is 1. The van der Waals surface area contributed by atoms with E-state index in [2.05, 4.69) is 0 Å². The van der Waals surface area contributed by atoms with Crippen LogP contribution < -0.4 is 9.77 Å². The van der Waals surface area contributed by atoms with E-state index in [1.807, 2.05) is 19.1 Å². The molecule has 3 aliphatic rings. The molecule has 3 atom stereocenters. The Morgan fingerprint density at radius 1 is 1.00 bits per heavy atom. The Kier molecular flexibility index (Phi) is 6.45. The number of carbonyl (C=O) groups is 3. The molecule has 0 spiro atoms. The first kappa shape index (κ1) is 25.0. The number of nitrogens with zero attached hydrogens (tertiary/aromatic N) is 3. The molecule has 3 aromatic rings. The number of rotatable bonds is 4. The van der Waals surface area contributed by atoms with Gasteiger partial charge in [-0.15, -0.1) is 0 Å². The molecule has 2 saturated heterocycles. The number of hydrogen-bond donors (Lipinski definition) is 0. The van der Waals surface area contributed by atoms with E-state index in [9.17, 15) is 23.6 Å². The Bertz CT molecular complexity index is 1480. The maximum Gasteiger partial charge on any atom is 0.308 e. The van der Waals surface area contributed by atoms with Crippen molar-refractivity contribution in [3.63, 3.8) is 0 Å². The number of imide groups is 1. The number of aromatic nitrogens is 1. The number of amides is 3. The van der Waals surface area contributed by atoms with Gasteiger partial charge >= 0.3 is 4.87 Å². The van der Waals surface area contributed by atoms with Gasteiger partial charge in [-0.25, -0.2) is 9.29 Å². The van der Waals surface area contributed by atoms with Gasteiger partial charge in [-0.1, -0.05) is 52.9 Å². The van der Waals surface area contributed by atoms with E-state index >= 15 is 0 Å². The van der Waals surface area contributed by atoms with Crippen molar-refractivity contribution in [2.24, 2.45) is 5.92 Å². The fourth-order valence-electron chi connectivity index (χ4n) is 5.28. The van der Waals surface area contributed by atoms with E-state index in [0.717, 1.165) is 16.9 Å². The van der Waals surface area contributed by atoms with E-state index in [0.29, 0.717) is 47.5 Å². The smallest absolute Gasteiger partial charge is 0.308 e. The molecule has 0 saturated carbocycles. The summed E-state index contributed by atoms with van der Waals surface area (Å²) < 4.78 is 20.6. The monoisotopic (exact) mass is 553 g/mol. The molecule has 0 radical (unpaired) electrons. The highest BCUT2D eigenvalue weighted by Gasteiger charge is 2.56. The van der Waals surface area contributed by atoms with E-state index in [4.69, 9.17) is 4.74 Å². The predicted octanol–water partition coefficient (Wildman–Crippen LogP) is 3.01. The van der Waals surface area contributed by atoms with E-state index in [1.165, 1.54) is 33.4 Å². The zero-order valence-electron chi connectivity index (χ0n) is 20.5. The fraction of sp³-hybridized carbons (Fsp3) is 0.333. The Balaban J connectivity index is 1.43. The van der Waals surface area contributed by atoms with Crippen LogP contribution in [-0.4, -0.2) is 58.7 Å². The van der Waals surface area contributed by atoms with Crippen molar-refractivity contribution in [2.75, 3.05) is 31.2 Å². The summed E-state index contributed by atoms with van der Waals surface area (Å²) >= 11 is 2.15. The maximum atomic E-state index is 13.8. The second kappa shape index (κ2) is 9.79. The summed E-state index contributed by atoms with van der Waals surface area (Å²) in [6, 6.07) is 13.0. The van der Waals surface area contributed by atoms with E-state index in [1.54, 1.807) is 29.2 Å². The number of hydrogen-bond acceptors (Lipinski definition) is 7. The molecule has 4 heterocycles. The van der Waals surface area contributed by atoms with Gasteiger partial charge in [0.2, 0.25) is 17.7 Å². The van der Waals surface area contributed by atoms with Gasteiger partial charge in [0.05, 0.1) is 29.8 Å². The summed E-state index contributed by atoms with van der Waals surface area (Å²) in [6.07, 6.45) is 0. The van der Waals surface area contributed by atoms with Gasteiger partial charge in [0.15, 0.2) is 0 Å². The minimum absolute atomic E-state index is 0.158. The average molecular weight is 554 g/mol. The summed E-state index contributed by atoms with van der Waals surface area (Å²) in [7, 11) is 0. The van der Waals surface area contributed by atoms with Crippen molar-refractivity contribution in [1.29, 1.82) is 0 Å².